The lowest BCUT2D eigenvalue weighted by Crippen LogP contribution is -2.36. The minimum Gasteiger partial charge on any atom is -0.369 e. The third-order valence-electron chi connectivity index (χ3n) is 3.46. The van der Waals surface area contributed by atoms with Gasteiger partial charge in [-0.25, -0.2) is 9.97 Å². The fourth-order valence-corrected chi connectivity index (χ4v) is 1.97. The minimum atomic E-state index is -0.0510. The van der Waals surface area contributed by atoms with Gasteiger partial charge < -0.3 is 10.2 Å². The van der Waals surface area contributed by atoms with Crippen LogP contribution in [-0.2, 0) is 0 Å². The molecule has 1 atom stereocenters. The smallest absolute Gasteiger partial charge is 0.274 e. The maximum absolute atomic E-state index is 12.2. The highest BCUT2D eigenvalue weighted by atomic mass is 16.2. The minimum absolute atomic E-state index is 0.0510. The largest absolute Gasteiger partial charge is 0.369 e. The van der Waals surface area contributed by atoms with Gasteiger partial charge in [0.25, 0.3) is 5.91 Å². The van der Waals surface area contributed by atoms with E-state index >= 15 is 0 Å². The van der Waals surface area contributed by atoms with Crippen LogP contribution in [0.4, 0.5) is 5.82 Å². The summed E-state index contributed by atoms with van der Waals surface area (Å²) in [5.74, 6) is 1.31. The molecule has 1 aromatic heterocycles. The van der Waals surface area contributed by atoms with E-state index in [0.717, 1.165) is 6.54 Å². The molecule has 0 saturated heterocycles. The average Bonchev–Trinajstić information content (AvgIpc) is 3.22. The van der Waals surface area contributed by atoms with Crippen molar-refractivity contribution in [3.63, 3.8) is 0 Å². The van der Waals surface area contributed by atoms with Crippen molar-refractivity contribution in [3.8, 4) is 0 Å². The third kappa shape index (κ3) is 2.78. The number of aromatic nitrogens is 2. The van der Waals surface area contributed by atoms with Gasteiger partial charge in [0.2, 0.25) is 0 Å². The third-order valence-corrected chi connectivity index (χ3v) is 3.46. The second kappa shape index (κ2) is 5.33. The quantitative estimate of drug-likeness (QED) is 0.863. The summed E-state index contributed by atoms with van der Waals surface area (Å²) in [7, 11) is 1.84. The Morgan fingerprint density at radius 1 is 1.50 bits per heavy atom. The normalized spacial score (nSPS) is 16.2. The summed E-state index contributed by atoms with van der Waals surface area (Å²) in [5, 5.41) is 3.06. The number of amides is 1. The van der Waals surface area contributed by atoms with Gasteiger partial charge in [0, 0.05) is 19.6 Å². The number of carbonyl (C=O) groups is 1. The zero-order valence-electron chi connectivity index (χ0n) is 11.2. The lowest BCUT2D eigenvalue weighted by molar-refractivity contribution is 0.0721. The number of nitrogens with one attached hydrogen (secondary N) is 1. The van der Waals surface area contributed by atoms with E-state index < -0.39 is 0 Å². The molecule has 1 aromatic rings. The number of hydrogen-bond donors (Lipinski definition) is 1. The molecular formula is C13H20N4O. The molecule has 1 saturated carbocycles. The number of hydrogen-bond acceptors (Lipinski definition) is 4. The van der Waals surface area contributed by atoms with Gasteiger partial charge in [-0.05, 0) is 32.6 Å². The highest BCUT2D eigenvalue weighted by Crippen LogP contribution is 2.34. The van der Waals surface area contributed by atoms with Crippen LogP contribution in [0.25, 0.3) is 0 Å². The Labute approximate surface area is 108 Å². The van der Waals surface area contributed by atoms with E-state index in [1.54, 1.807) is 11.1 Å². The van der Waals surface area contributed by atoms with Gasteiger partial charge in [-0.2, -0.15) is 0 Å². The van der Waals surface area contributed by atoms with Gasteiger partial charge in [0.15, 0.2) is 0 Å². The number of rotatable bonds is 5. The van der Waals surface area contributed by atoms with Crippen molar-refractivity contribution in [1.82, 2.24) is 14.9 Å². The monoisotopic (exact) mass is 248 g/mol. The van der Waals surface area contributed by atoms with E-state index in [0.29, 0.717) is 17.4 Å². The van der Waals surface area contributed by atoms with Crippen LogP contribution in [0.5, 0.6) is 0 Å². The SMILES string of the molecule is CCNc1cnc(C(=O)N(C)C(C)C2CC2)cn1. The number of carbonyl (C=O) groups excluding carboxylic acids is 1. The standard InChI is InChI=1S/C13H20N4O/c1-4-14-12-8-15-11(7-16-12)13(18)17(3)9(2)10-5-6-10/h7-10H,4-6H2,1-3H3,(H,14,16). The van der Waals surface area contributed by atoms with Crippen molar-refractivity contribution in [2.45, 2.75) is 32.7 Å². The number of anilines is 1. The van der Waals surface area contributed by atoms with Gasteiger partial charge in [-0.1, -0.05) is 0 Å². The predicted octanol–water partition coefficient (Wildman–Crippen LogP) is 1.78. The van der Waals surface area contributed by atoms with Gasteiger partial charge in [-0.3, -0.25) is 4.79 Å². The van der Waals surface area contributed by atoms with E-state index in [2.05, 4.69) is 22.2 Å². The molecule has 1 N–H and O–H groups in total. The second-order valence-corrected chi connectivity index (χ2v) is 4.81. The van der Waals surface area contributed by atoms with Crippen LogP contribution in [0.15, 0.2) is 12.4 Å². The van der Waals surface area contributed by atoms with Gasteiger partial charge >= 0.3 is 0 Å². The van der Waals surface area contributed by atoms with Crippen LogP contribution in [0.1, 0.15) is 37.2 Å². The lowest BCUT2D eigenvalue weighted by atomic mass is 10.2. The van der Waals surface area contributed by atoms with Crippen molar-refractivity contribution in [1.29, 1.82) is 0 Å². The fraction of sp³-hybridized carbons (Fsp3) is 0.615. The first-order chi connectivity index (χ1) is 8.63. The predicted molar refractivity (Wildman–Crippen MR) is 70.5 cm³/mol. The van der Waals surface area contributed by atoms with Crippen LogP contribution in [0, 0.1) is 5.92 Å². The Hall–Kier alpha value is -1.65. The van der Waals surface area contributed by atoms with Crippen LogP contribution in [-0.4, -0.2) is 40.4 Å². The Morgan fingerprint density at radius 2 is 2.22 bits per heavy atom. The van der Waals surface area contributed by atoms with Crippen molar-refractivity contribution in [3.05, 3.63) is 18.1 Å². The fourth-order valence-electron chi connectivity index (χ4n) is 1.97. The highest BCUT2D eigenvalue weighted by Gasteiger charge is 2.33. The van der Waals surface area contributed by atoms with Crippen LogP contribution in [0.2, 0.25) is 0 Å². The highest BCUT2D eigenvalue weighted by molar-refractivity contribution is 5.92. The molecule has 1 aliphatic carbocycles. The van der Waals surface area contributed by atoms with E-state index in [-0.39, 0.29) is 11.9 Å². The van der Waals surface area contributed by atoms with Crippen molar-refractivity contribution in [2.24, 2.45) is 5.92 Å². The zero-order chi connectivity index (χ0) is 13.1. The molecule has 2 rings (SSSR count). The molecule has 1 aliphatic rings. The first kappa shape index (κ1) is 12.8. The molecule has 0 aliphatic heterocycles. The summed E-state index contributed by atoms with van der Waals surface area (Å²) >= 11 is 0. The van der Waals surface area contributed by atoms with E-state index in [1.807, 2.05) is 14.0 Å². The second-order valence-electron chi connectivity index (χ2n) is 4.81. The Bertz CT molecular complexity index is 414. The van der Waals surface area contributed by atoms with Gasteiger partial charge in [0.05, 0.1) is 12.4 Å². The summed E-state index contributed by atoms with van der Waals surface area (Å²) in [6.07, 6.45) is 5.59. The molecule has 0 bridgehead atoms. The Kier molecular flexibility index (Phi) is 3.79. The molecule has 18 heavy (non-hydrogen) atoms. The molecular weight excluding hydrogens is 228 g/mol. The lowest BCUT2D eigenvalue weighted by Gasteiger charge is -2.24. The summed E-state index contributed by atoms with van der Waals surface area (Å²) < 4.78 is 0. The molecule has 5 heteroatoms. The maximum atomic E-state index is 12.2. The molecule has 1 amide bonds. The van der Waals surface area contributed by atoms with Crippen LogP contribution < -0.4 is 5.32 Å². The van der Waals surface area contributed by atoms with E-state index in [1.165, 1.54) is 19.0 Å². The zero-order valence-corrected chi connectivity index (χ0v) is 11.2. The molecule has 5 nitrogen and oxygen atoms in total. The summed E-state index contributed by atoms with van der Waals surface area (Å²) in [6.45, 7) is 4.88. The molecule has 98 valence electrons. The Balaban J connectivity index is 2.03. The molecule has 0 radical (unpaired) electrons. The molecule has 0 spiro atoms. The first-order valence-electron chi connectivity index (χ1n) is 6.46. The van der Waals surface area contributed by atoms with Crippen molar-refractivity contribution in [2.75, 3.05) is 18.9 Å². The molecule has 1 unspecified atom stereocenters. The van der Waals surface area contributed by atoms with E-state index in [4.69, 9.17) is 0 Å². The molecule has 1 heterocycles. The van der Waals surface area contributed by atoms with Crippen LogP contribution >= 0.6 is 0 Å². The molecule has 0 aromatic carbocycles. The summed E-state index contributed by atoms with van der Waals surface area (Å²) in [4.78, 5) is 22.3. The summed E-state index contributed by atoms with van der Waals surface area (Å²) in [5.41, 5.74) is 0.409. The average molecular weight is 248 g/mol. The van der Waals surface area contributed by atoms with Gasteiger partial charge in [0.1, 0.15) is 11.5 Å². The number of nitrogens with zero attached hydrogens (tertiary/aromatic N) is 3. The topological polar surface area (TPSA) is 58.1 Å². The first-order valence-corrected chi connectivity index (χ1v) is 6.46. The summed E-state index contributed by atoms with van der Waals surface area (Å²) in [6, 6.07) is 0.285. The van der Waals surface area contributed by atoms with Gasteiger partial charge in [-0.15, -0.1) is 0 Å². The maximum Gasteiger partial charge on any atom is 0.274 e. The van der Waals surface area contributed by atoms with Crippen molar-refractivity contribution < 1.29 is 4.79 Å². The van der Waals surface area contributed by atoms with Crippen molar-refractivity contribution >= 4 is 11.7 Å². The Morgan fingerprint density at radius 3 is 2.72 bits per heavy atom. The molecule has 1 fully saturated rings. The van der Waals surface area contributed by atoms with Crippen LogP contribution in [0.3, 0.4) is 0 Å². The van der Waals surface area contributed by atoms with E-state index in [9.17, 15) is 4.79 Å².